The van der Waals surface area contributed by atoms with E-state index >= 15 is 0 Å². The molecule has 1 aromatic heterocycles. The fraction of sp³-hybridized carbons (Fsp3) is 0.667. The highest BCUT2D eigenvalue weighted by Crippen LogP contribution is 2.22. The van der Waals surface area contributed by atoms with Gasteiger partial charge in [-0.15, -0.1) is 0 Å². The molecule has 3 rings (SSSR count). The third-order valence-corrected chi connectivity index (χ3v) is 5.38. The van der Waals surface area contributed by atoms with Crippen LogP contribution >= 0.6 is 0 Å². The highest BCUT2D eigenvalue weighted by atomic mass is 16.4. The first-order valence-electron chi connectivity index (χ1n) is 9.62. The maximum absolute atomic E-state index is 12.3. The second-order valence-electron chi connectivity index (χ2n) is 7.29. The van der Waals surface area contributed by atoms with Crippen LogP contribution < -0.4 is 10.6 Å². The number of aromatic nitrogens is 2. The second kappa shape index (κ2) is 8.88. The predicted molar refractivity (Wildman–Crippen MR) is 97.4 cm³/mol. The molecule has 3 amide bonds. The molecule has 27 heavy (non-hydrogen) atoms. The summed E-state index contributed by atoms with van der Waals surface area (Å²) in [7, 11) is 0. The normalized spacial score (nSPS) is 18.9. The van der Waals surface area contributed by atoms with Crippen LogP contribution in [0.15, 0.2) is 12.4 Å². The van der Waals surface area contributed by atoms with Gasteiger partial charge in [-0.25, -0.2) is 9.59 Å². The van der Waals surface area contributed by atoms with Crippen LogP contribution in [0, 0.1) is 0 Å². The largest absolute Gasteiger partial charge is 0.478 e. The van der Waals surface area contributed by atoms with Crippen LogP contribution in [0.4, 0.5) is 4.79 Å². The van der Waals surface area contributed by atoms with Gasteiger partial charge in [0.25, 0.3) is 0 Å². The predicted octanol–water partition coefficient (Wildman–Crippen LogP) is 1.38. The van der Waals surface area contributed by atoms with Crippen molar-refractivity contribution >= 4 is 17.9 Å². The van der Waals surface area contributed by atoms with E-state index in [-0.39, 0.29) is 36.1 Å². The van der Waals surface area contributed by atoms with Crippen molar-refractivity contribution in [3.8, 4) is 0 Å². The van der Waals surface area contributed by atoms with E-state index in [4.69, 9.17) is 5.11 Å². The van der Waals surface area contributed by atoms with Crippen molar-refractivity contribution in [1.82, 2.24) is 25.3 Å². The summed E-state index contributed by atoms with van der Waals surface area (Å²) in [5.74, 6) is -1.09. The standard InChI is InChI=1S/C18H27N5O4/c24-16(11-19-18(27)21-14-4-2-1-3-5-14)22-8-6-15(7-9-22)23-12-13(10-20-23)17(25)26/h10,12,14-15H,1-9,11H2,(H,25,26)(H2,19,21,27). The van der Waals surface area contributed by atoms with Gasteiger partial charge in [0.2, 0.25) is 5.91 Å². The molecule has 0 unspecified atom stereocenters. The molecule has 1 aromatic rings. The summed E-state index contributed by atoms with van der Waals surface area (Å²) in [6, 6.07) is 0.0296. The maximum atomic E-state index is 12.3. The van der Waals surface area contributed by atoms with Crippen LogP contribution in [0.1, 0.15) is 61.3 Å². The molecule has 1 saturated carbocycles. The van der Waals surface area contributed by atoms with Crippen molar-refractivity contribution in [2.45, 2.75) is 57.0 Å². The number of hydrogen-bond acceptors (Lipinski definition) is 4. The quantitative estimate of drug-likeness (QED) is 0.717. The topological polar surface area (TPSA) is 117 Å². The van der Waals surface area contributed by atoms with Crippen LogP contribution in [-0.4, -0.2) is 63.4 Å². The third kappa shape index (κ3) is 5.21. The van der Waals surface area contributed by atoms with Gasteiger partial charge in [-0.3, -0.25) is 9.48 Å². The summed E-state index contributed by atoms with van der Waals surface area (Å²) >= 11 is 0. The Bertz CT molecular complexity index is 675. The van der Waals surface area contributed by atoms with Gasteiger partial charge in [0, 0.05) is 25.3 Å². The third-order valence-electron chi connectivity index (χ3n) is 5.38. The fourth-order valence-corrected chi connectivity index (χ4v) is 3.78. The van der Waals surface area contributed by atoms with E-state index in [0.29, 0.717) is 25.9 Å². The molecule has 2 fully saturated rings. The van der Waals surface area contributed by atoms with Gasteiger partial charge in [0.15, 0.2) is 0 Å². The fourth-order valence-electron chi connectivity index (χ4n) is 3.78. The number of likely N-dealkylation sites (tertiary alicyclic amines) is 1. The van der Waals surface area contributed by atoms with Crippen molar-refractivity contribution in [2.24, 2.45) is 0 Å². The lowest BCUT2D eigenvalue weighted by Gasteiger charge is -2.32. The van der Waals surface area contributed by atoms with E-state index in [1.165, 1.54) is 18.8 Å². The number of carboxylic acids is 1. The summed E-state index contributed by atoms with van der Waals surface area (Å²) in [5, 5.41) is 18.7. The smallest absolute Gasteiger partial charge is 0.338 e. The monoisotopic (exact) mass is 377 g/mol. The van der Waals surface area contributed by atoms with Gasteiger partial charge in [0.1, 0.15) is 0 Å². The van der Waals surface area contributed by atoms with Gasteiger partial charge >= 0.3 is 12.0 Å². The lowest BCUT2D eigenvalue weighted by atomic mass is 9.96. The molecule has 1 aliphatic carbocycles. The van der Waals surface area contributed by atoms with Crippen LogP contribution in [0.5, 0.6) is 0 Å². The van der Waals surface area contributed by atoms with E-state index in [1.807, 2.05) is 0 Å². The summed E-state index contributed by atoms with van der Waals surface area (Å²) in [4.78, 5) is 36.9. The summed E-state index contributed by atoms with van der Waals surface area (Å²) in [6.45, 7) is 1.13. The molecule has 0 spiro atoms. The molecule has 0 radical (unpaired) electrons. The molecule has 0 bridgehead atoms. The molecule has 2 aliphatic rings. The van der Waals surface area contributed by atoms with Gasteiger partial charge in [-0.05, 0) is 25.7 Å². The van der Waals surface area contributed by atoms with Crippen molar-refractivity contribution < 1.29 is 19.5 Å². The van der Waals surface area contributed by atoms with E-state index in [1.54, 1.807) is 9.58 Å². The van der Waals surface area contributed by atoms with Crippen LogP contribution in [0.25, 0.3) is 0 Å². The molecular weight excluding hydrogens is 350 g/mol. The number of urea groups is 1. The number of aromatic carboxylic acids is 1. The minimum Gasteiger partial charge on any atom is -0.478 e. The zero-order valence-electron chi connectivity index (χ0n) is 15.4. The number of carbonyl (C=O) groups excluding carboxylic acids is 2. The zero-order chi connectivity index (χ0) is 19.2. The zero-order valence-corrected chi connectivity index (χ0v) is 15.4. The van der Waals surface area contributed by atoms with Crippen molar-refractivity contribution in [3.05, 3.63) is 18.0 Å². The van der Waals surface area contributed by atoms with Crippen molar-refractivity contribution in [1.29, 1.82) is 0 Å². The number of carboxylic acid groups (broad SMARTS) is 1. The Morgan fingerprint density at radius 1 is 1.11 bits per heavy atom. The number of carbonyl (C=O) groups is 3. The van der Waals surface area contributed by atoms with Crippen molar-refractivity contribution in [3.63, 3.8) is 0 Å². The number of rotatable bonds is 5. The van der Waals surface area contributed by atoms with Crippen molar-refractivity contribution in [2.75, 3.05) is 19.6 Å². The SMILES string of the molecule is O=C(NCC(=O)N1CCC(n2cc(C(=O)O)cn2)CC1)NC1CCCCC1. The minimum absolute atomic E-state index is 0.00580. The molecule has 0 atom stereocenters. The first-order chi connectivity index (χ1) is 13.0. The van der Waals surface area contributed by atoms with Gasteiger partial charge < -0.3 is 20.6 Å². The molecule has 9 heteroatoms. The number of amides is 3. The average Bonchev–Trinajstić information content (AvgIpc) is 3.18. The highest BCUT2D eigenvalue weighted by molar-refractivity contribution is 5.86. The van der Waals surface area contributed by atoms with Crippen LogP contribution in [-0.2, 0) is 4.79 Å². The lowest BCUT2D eigenvalue weighted by Crippen LogP contribution is -2.48. The molecule has 9 nitrogen and oxygen atoms in total. The number of nitrogens with one attached hydrogen (secondary N) is 2. The first-order valence-corrected chi connectivity index (χ1v) is 9.62. The Kier molecular flexibility index (Phi) is 6.31. The molecule has 1 aliphatic heterocycles. The van der Waals surface area contributed by atoms with Crippen LogP contribution in [0.2, 0.25) is 0 Å². The first kappa shape index (κ1) is 19.2. The van der Waals surface area contributed by atoms with E-state index < -0.39 is 5.97 Å². The Morgan fingerprint density at radius 3 is 2.44 bits per heavy atom. The van der Waals surface area contributed by atoms with Gasteiger partial charge in [-0.1, -0.05) is 19.3 Å². The Balaban J connectivity index is 1.38. The summed E-state index contributed by atoms with van der Waals surface area (Å²) < 4.78 is 1.67. The minimum atomic E-state index is -0.994. The molecule has 1 saturated heterocycles. The average molecular weight is 377 g/mol. The highest BCUT2D eigenvalue weighted by Gasteiger charge is 2.25. The van der Waals surface area contributed by atoms with E-state index in [0.717, 1.165) is 25.7 Å². The van der Waals surface area contributed by atoms with Gasteiger partial charge in [-0.2, -0.15) is 5.10 Å². The molecule has 0 aromatic carbocycles. The summed E-state index contributed by atoms with van der Waals surface area (Å²) in [6.07, 6.45) is 9.81. The maximum Gasteiger partial charge on any atom is 0.338 e. The number of piperidine rings is 1. The Morgan fingerprint density at radius 2 is 1.81 bits per heavy atom. The number of nitrogens with zero attached hydrogens (tertiary/aromatic N) is 3. The molecule has 3 N–H and O–H groups in total. The number of hydrogen-bond donors (Lipinski definition) is 3. The summed E-state index contributed by atoms with van der Waals surface area (Å²) in [5.41, 5.74) is 0.168. The Labute approximate surface area is 158 Å². The second-order valence-corrected chi connectivity index (χ2v) is 7.29. The van der Waals surface area contributed by atoms with Gasteiger partial charge in [0.05, 0.1) is 24.3 Å². The molecule has 148 valence electrons. The Hall–Kier alpha value is -2.58. The molecule has 2 heterocycles. The van der Waals surface area contributed by atoms with Crippen LogP contribution in [0.3, 0.4) is 0 Å². The van der Waals surface area contributed by atoms with E-state index in [2.05, 4.69) is 15.7 Å². The molecular formula is C18H27N5O4. The lowest BCUT2D eigenvalue weighted by molar-refractivity contribution is -0.131. The van der Waals surface area contributed by atoms with E-state index in [9.17, 15) is 14.4 Å².